The molecule has 2 aromatic rings. The fraction of sp³-hybridized carbons (Fsp3) is 0.417. The molecule has 1 aliphatic heterocycles. The molecule has 0 saturated carbocycles. The number of nitrogens with zero attached hydrogens (tertiary/aromatic N) is 2. The van der Waals surface area contributed by atoms with Crippen LogP contribution < -0.4 is 4.74 Å². The zero-order valence-corrected chi connectivity index (χ0v) is 17.6. The van der Waals surface area contributed by atoms with Crippen molar-refractivity contribution < 1.29 is 18.7 Å². The van der Waals surface area contributed by atoms with Gasteiger partial charge in [-0.15, -0.1) is 0 Å². The fourth-order valence-corrected chi connectivity index (χ4v) is 3.71. The van der Waals surface area contributed by atoms with Gasteiger partial charge in [-0.2, -0.15) is 0 Å². The summed E-state index contributed by atoms with van der Waals surface area (Å²) in [7, 11) is 1.63. The molecule has 160 valence electrons. The number of aryl methyl sites for hydroxylation is 1. The second kappa shape index (κ2) is 10.2. The van der Waals surface area contributed by atoms with Gasteiger partial charge in [-0.3, -0.25) is 9.59 Å². The van der Waals surface area contributed by atoms with Crippen molar-refractivity contribution in [3.05, 3.63) is 65.5 Å². The highest BCUT2D eigenvalue weighted by Crippen LogP contribution is 2.21. The first-order chi connectivity index (χ1) is 14.5. The van der Waals surface area contributed by atoms with Crippen LogP contribution in [0.1, 0.15) is 36.8 Å². The third-order valence-corrected chi connectivity index (χ3v) is 5.69. The average molecular weight is 413 g/mol. The van der Waals surface area contributed by atoms with E-state index in [-0.39, 0.29) is 23.5 Å². The lowest BCUT2D eigenvalue weighted by molar-refractivity contribution is -0.139. The number of ether oxygens (including phenoxy) is 1. The van der Waals surface area contributed by atoms with Crippen LogP contribution >= 0.6 is 0 Å². The molecule has 0 spiro atoms. The number of hydrogen-bond donors (Lipinski definition) is 0. The molecule has 1 atom stereocenters. The van der Waals surface area contributed by atoms with E-state index in [1.165, 1.54) is 12.1 Å². The van der Waals surface area contributed by atoms with Crippen molar-refractivity contribution in [3.8, 4) is 5.75 Å². The Morgan fingerprint density at radius 1 is 0.933 bits per heavy atom. The van der Waals surface area contributed by atoms with E-state index in [4.69, 9.17) is 4.74 Å². The van der Waals surface area contributed by atoms with Gasteiger partial charge in [0.05, 0.1) is 7.11 Å². The van der Waals surface area contributed by atoms with Crippen LogP contribution in [0.3, 0.4) is 0 Å². The summed E-state index contributed by atoms with van der Waals surface area (Å²) in [6, 6.07) is 14.1. The standard InChI is InChI=1S/C24H29FN2O3/c1-18(20-6-8-21(25)9-7-20)17-24(29)27-15-13-26(14-16-27)23(28)12-5-19-3-10-22(30-2)11-4-19/h3-4,6-11,18H,5,12-17H2,1-2H3. The zero-order valence-electron chi connectivity index (χ0n) is 17.6. The summed E-state index contributed by atoms with van der Waals surface area (Å²) in [6.07, 6.45) is 1.54. The molecule has 0 N–H and O–H groups in total. The molecule has 0 aromatic heterocycles. The predicted molar refractivity (Wildman–Crippen MR) is 114 cm³/mol. The van der Waals surface area contributed by atoms with E-state index in [1.807, 2.05) is 41.0 Å². The SMILES string of the molecule is COc1ccc(CCC(=O)N2CCN(C(=O)CC(C)c3ccc(F)cc3)CC2)cc1. The highest BCUT2D eigenvalue weighted by atomic mass is 19.1. The molecule has 0 aliphatic carbocycles. The van der Waals surface area contributed by atoms with Crippen LogP contribution in [0.25, 0.3) is 0 Å². The Morgan fingerprint density at radius 3 is 2.07 bits per heavy atom. The van der Waals surface area contributed by atoms with Crippen molar-refractivity contribution in [1.29, 1.82) is 0 Å². The van der Waals surface area contributed by atoms with E-state index in [1.54, 1.807) is 19.2 Å². The summed E-state index contributed by atoms with van der Waals surface area (Å²) in [5.74, 6) is 0.765. The van der Waals surface area contributed by atoms with E-state index in [9.17, 15) is 14.0 Å². The molecule has 1 fully saturated rings. The normalized spacial score (nSPS) is 15.0. The summed E-state index contributed by atoms with van der Waals surface area (Å²) in [4.78, 5) is 28.8. The van der Waals surface area contributed by atoms with Gasteiger partial charge in [0.2, 0.25) is 11.8 Å². The largest absolute Gasteiger partial charge is 0.497 e. The molecule has 1 aliphatic rings. The van der Waals surface area contributed by atoms with Gasteiger partial charge >= 0.3 is 0 Å². The van der Waals surface area contributed by atoms with Crippen molar-refractivity contribution >= 4 is 11.8 Å². The lowest BCUT2D eigenvalue weighted by Gasteiger charge is -2.35. The zero-order chi connectivity index (χ0) is 21.5. The van der Waals surface area contributed by atoms with Gasteiger partial charge in [-0.25, -0.2) is 4.39 Å². The van der Waals surface area contributed by atoms with Gasteiger partial charge in [0.15, 0.2) is 0 Å². The van der Waals surface area contributed by atoms with Gasteiger partial charge in [0, 0.05) is 39.0 Å². The summed E-state index contributed by atoms with van der Waals surface area (Å²) in [5, 5.41) is 0. The number of carbonyl (C=O) groups is 2. The Labute approximate surface area is 177 Å². The van der Waals surface area contributed by atoms with Gasteiger partial charge in [-0.1, -0.05) is 31.2 Å². The smallest absolute Gasteiger partial charge is 0.223 e. The van der Waals surface area contributed by atoms with E-state index in [2.05, 4.69) is 0 Å². The Balaban J connectivity index is 1.42. The minimum absolute atomic E-state index is 0.0299. The lowest BCUT2D eigenvalue weighted by atomic mass is 9.97. The molecule has 3 rings (SSSR count). The molecular formula is C24H29FN2O3. The van der Waals surface area contributed by atoms with E-state index in [0.717, 1.165) is 16.9 Å². The second-order valence-corrected chi connectivity index (χ2v) is 7.77. The number of benzene rings is 2. The molecule has 0 bridgehead atoms. The number of amides is 2. The van der Waals surface area contributed by atoms with Crippen molar-refractivity contribution in [2.24, 2.45) is 0 Å². The Kier molecular flexibility index (Phi) is 7.44. The minimum atomic E-state index is -0.273. The summed E-state index contributed by atoms with van der Waals surface area (Å²) < 4.78 is 18.2. The molecule has 1 saturated heterocycles. The van der Waals surface area contributed by atoms with Gasteiger partial charge in [-0.05, 0) is 47.7 Å². The number of hydrogen-bond acceptors (Lipinski definition) is 3. The Bertz CT molecular complexity index is 844. The maximum absolute atomic E-state index is 13.1. The van der Waals surface area contributed by atoms with Crippen LogP contribution in [0.5, 0.6) is 5.75 Å². The molecule has 0 radical (unpaired) electrons. The van der Waals surface area contributed by atoms with Crippen LogP contribution in [-0.2, 0) is 16.0 Å². The average Bonchev–Trinajstić information content (AvgIpc) is 2.78. The van der Waals surface area contributed by atoms with Crippen molar-refractivity contribution in [2.75, 3.05) is 33.3 Å². The molecule has 6 heteroatoms. The summed E-state index contributed by atoms with van der Waals surface area (Å²) in [5.41, 5.74) is 2.06. The molecular weight excluding hydrogens is 383 g/mol. The third kappa shape index (κ3) is 5.81. The van der Waals surface area contributed by atoms with E-state index in [0.29, 0.717) is 45.4 Å². The van der Waals surface area contributed by atoms with E-state index < -0.39 is 0 Å². The summed E-state index contributed by atoms with van der Waals surface area (Å²) in [6.45, 7) is 4.23. The maximum Gasteiger partial charge on any atom is 0.223 e. The van der Waals surface area contributed by atoms with Crippen LogP contribution in [0, 0.1) is 5.82 Å². The monoisotopic (exact) mass is 412 g/mol. The highest BCUT2D eigenvalue weighted by Gasteiger charge is 2.25. The quantitative estimate of drug-likeness (QED) is 0.698. The Morgan fingerprint density at radius 2 is 1.50 bits per heavy atom. The number of methoxy groups -OCH3 is 1. The first-order valence-corrected chi connectivity index (χ1v) is 10.4. The third-order valence-electron chi connectivity index (χ3n) is 5.69. The van der Waals surface area contributed by atoms with Crippen LogP contribution in [-0.4, -0.2) is 54.9 Å². The lowest BCUT2D eigenvalue weighted by Crippen LogP contribution is -2.50. The van der Waals surface area contributed by atoms with Crippen molar-refractivity contribution in [3.63, 3.8) is 0 Å². The fourth-order valence-electron chi connectivity index (χ4n) is 3.71. The van der Waals surface area contributed by atoms with Gasteiger partial charge in [0.1, 0.15) is 11.6 Å². The molecule has 30 heavy (non-hydrogen) atoms. The Hall–Kier alpha value is -2.89. The molecule has 1 unspecified atom stereocenters. The van der Waals surface area contributed by atoms with Crippen LogP contribution in [0.15, 0.2) is 48.5 Å². The predicted octanol–water partition coefficient (Wildman–Crippen LogP) is 3.63. The molecule has 5 nitrogen and oxygen atoms in total. The van der Waals surface area contributed by atoms with Crippen LogP contribution in [0.4, 0.5) is 4.39 Å². The van der Waals surface area contributed by atoms with Gasteiger partial charge < -0.3 is 14.5 Å². The number of carbonyl (C=O) groups excluding carboxylic acids is 2. The minimum Gasteiger partial charge on any atom is -0.497 e. The first-order valence-electron chi connectivity index (χ1n) is 10.4. The maximum atomic E-state index is 13.1. The second-order valence-electron chi connectivity index (χ2n) is 7.77. The number of rotatable bonds is 7. The van der Waals surface area contributed by atoms with Crippen molar-refractivity contribution in [2.45, 2.75) is 32.1 Å². The molecule has 2 amide bonds. The molecule has 1 heterocycles. The van der Waals surface area contributed by atoms with Crippen molar-refractivity contribution in [1.82, 2.24) is 9.80 Å². The van der Waals surface area contributed by atoms with E-state index >= 15 is 0 Å². The topological polar surface area (TPSA) is 49.9 Å². The number of piperazine rings is 1. The number of halogens is 1. The molecule has 2 aromatic carbocycles. The first kappa shape index (κ1) is 21.8. The van der Waals surface area contributed by atoms with Crippen LogP contribution in [0.2, 0.25) is 0 Å². The highest BCUT2D eigenvalue weighted by molar-refractivity contribution is 5.79. The van der Waals surface area contributed by atoms with Gasteiger partial charge in [0.25, 0.3) is 0 Å². The summed E-state index contributed by atoms with van der Waals surface area (Å²) >= 11 is 0.